The van der Waals surface area contributed by atoms with Gasteiger partial charge in [0.05, 0.1) is 4.92 Å². The number of rotatable bonds is 15. The molecule has 19 heteroatoms. The van der Waals surface area contributed by atoms with E-state index in [-0.39, 0.29) is 95.3 Å². The van der Waals surface area contributed by atoms with Crippen molar-refractivity contribution in [1.82, 2.24) is 20.4 Å². The number of non-ortho nitro benzene ring substituents is 1. The Balaban J connectivity index is 0.000000168. The van der Waals surface area contributed by atoms with Gasteiger partial charge in [0.1, 0.15) is 36.2 Å². The van der Waals surface area contributed by atoms with E-state index in [0.717, 1.165) is 93.7 Å². The largest absolute Gasteiger partial charge is 0.519 e. The summed E-state index contributed by atoms with van der Waals surface area (Å²) in [4.78, 5) is 77.4. The van der Waals surface area contributed by atoms with Crippen LogP contribution in [0, 0.1) is 27.9 Å². The topological polar surface area (TPSA) is 240 Å². The zero-order valence-electron chi connectivity index (χ0n) is 61.2. The van der Waals surface area contributed by atoms with E-state index >= 15 is 0 Å². The molecule has 6 aliphatic carbocycles. The predicted molar refractivity (Wildman–Crippen MR) is 394 cm³/mol. The first-order chi connectivity index (χ1) is 49.0. The van der Waals surface area contributed by atoms with E-state index in [2.05, 4.69) is 49.6 Å². The molecule has 102 heavy (non-hydrogen) atoms. The molecule has 6 bridgehead atoms. The molecule has 6 aromatic rings. The number of benzene rings is 6. The van der Waals surface area contributed by atoms with Gasteiger partial charge >= 0.3 is 30.5 Å². The summed E-state index contributed by atoms with van der Waals surface area (Å²) in [6.45, 7) is 20.3. The summed E-state index contributed by atoms with van der Waals surface area (Å²) in [6, 6.07) is 42.6. The minimum Gasteiger partial charge on any atom is -0.445 e. The lowest BCUT2D eigenvalue weighted by Crippen LogP contribution is -2.57. The molecular weight excluding hydrogens is 1290 g/mol. The molecule has 6 aliphatic rings. The smallest absolute Gasteiger partial charge is 0.445 e. The van der Waals surface area contributed by atoms with Crippen LogP contribution in [0.5, 0.6) is 23.0 Å². The third-order valence-electron chi connectivity index (χ3n) is 22.6. The molecule has 0 heterocycles. The van der Waals surface area contributed by atoms with Gasteiger partial charge in [0.25, 0.3) is 5.69 Å². The van der Waals surface area contributed by atoms with E-state index in [1.54, 1.807) is 15.9 Å². The van der Waals surface area contributed by atoms with E-state index < -0.39 is 17.2 Å². The predicted octanol–water partition coefficient (Wildman–Crippen LogP) is 18.1. The molecule has 0 unspecified atom stereocenters. The van der Waals surface area contributed by atoms with Gasteiger partial charge in [0.2, 0.25) is 0 Å². The van der Waals surface area contributed by atoms with Crippen molar-refractivity contribution in [3.8, 4) is 23.0 Å². The summed E-state index contributed by atoms with van der Waals surface area (Å²) in [6.07, 6.45) is 17.2. The summed E-state index contributed by atoms with van der Waals surface area (Å²) < 4.78 is 33.4. The normalized spacial score (nSPS) is 23.8. The number of nitrogens with one attached hydrogen (secondary N) is 2. The highest BCUT2D eigenvalue weighted by Crippen LogP contribution is 2.51. The number of hydrogen-bond acceptors (Lipinski definition) is 14. The Morgan fingerprint density at radius 2 is 0.853 bits per heavy atom. The van der Waals surface area contributed by atoms with Gasteiger partial charge in [-0.1, -0.05) is 157 Å². The first kappa shape index (κ1) is 75.7. The van der Waals surface area contributed by atoms with Crippen LogP contribution >= 0.6 is 0 Å². The van der Waals surface area contributed by atoms with Gasteiger partial charge in [-0.15, -0.1) is 0 Å². The molecule has 12 rings (SSSR count). The molecule has 0 aromatic heterocycles. The van der Waals surface area contributed by atoms with Crippen molar-refractivity contribution in [3.05, 3.63) is 194 Å². The van der Waals surface area contributed by atoms with E-state index in [9.17, 15) is 34.1 Å². The van der Waals surface area contributed by atoms with Crippen LogP contribution in [0.1, 0.15) is 203 Å². The van der Waals surface area contributed by atoms with Gasteiger partial charge in [-0.3, -0.25) is 10.1 Å². The van der Waals surface area contributed by atoms with Crippen LogP contribution in [-0.2, 0) is 58.2 Å². The zero-order valence-corrected chi connectivity index (χ0v) is 61.2. The standard InChI is InChI=1S/C31H32N2O7.C30H40N2O4.C22H34N2O2/c1-31-17-7-3-6-10-23(28(31)32-29(34)38-20-21-8-4-2-5-9-21)18-22-11-14-26(19-27(22)31)40-30(35)39-25-15-12-24(13-16-25)33(36)37;1-5-32(21(2)3)29(34)36-25-16-15-23-18-24-14-10-7-11-17-30(4,26(23)19-25)27(24)31-28(33)35-20-22-12-8-6-9-13-22;1-5-24(15(2)3)21(25)26-18-11-10-16-13-17-9-7-6-8-12-22(4,20(17)23)19(16)14-18/h2,4-5,8-9,11-16,19,23,28H,3,6-7,10,17-18,20H2,1H3,(H,32,34);6,8-9,12-13,15-16,19,21,24,27H,5,7,10-11,14,17-18,20H2,1-4H3,(H,31,33);10-11,14-15,17,20H,5-9,12-13,23H2,1-4H3/t23-,28-,31+;24-,27-,30+;17-,20-,22+/m000/s1. The average Bonchev–Trinajstić information content (AvgIpc) is 0.758. The highest BCUT2D eigenvalue weighted by atomic mass is 16.7. The number of ether oxygens (including phenoxy) is 6. The summed E-state index contributed by atoms with van der Waals surface area (Å²) in [7, 11) is 0. The van der Waals surface area contributed by atoms with Crippen molar-refractivity contribution in [3.63, 3.8) is 0 Å². The fraction of sp³-hybridized carbons (Fsp3) is 0.506. The average molecular weight is 1400 g/mol. The Hall–Kier alpha value is -8.97. The lowest BCUT2D eigenvalue weighted by molar-refractivity contribution is -0.384. The number of nitrogens with zero attached hydrogens (tertiary/aromatic N) is 3. The summed E-state index contributed by atoms with van der Waals surface area (Å²) in [5, 5.41) is 17.3. The Labute approximate surface area is 602 Å². The van der Waals surface area contributed by atoms with Gasteiger partial charge in [-0.2, -0.15) is 0 Å². The number of hydrogen-bond donors (Lipinski definition) is 3. The molecule has 0 spiro atoms. The minimum atomic E-state index is -0.940. The molecular formula is C83H106N6O13. The SMILES string of the molecule is CCN(C(=O)Oc1ccc2c(c1)[C@@]1(C)CCCCC[C@@H](C2)[C@@H]1N)C(C)C.CCN(C(=O)Oc1ccc2c(c1)[C@@]1(C)CCCCC[C@@H](C2)[C@@H]1NC(=O)OCc1ccccc1)C(C)C.C[C@@]12CCCCC[C@@H](Cc3ccc(OC(=O)Oc4ccc([N+](=O)[O-])cc4)cc31)[C@@H]2NC(=O)OCc1ccccc1. The van der Waals surface area contributed by atoms with Crippen LogP contribution < -0.4 is 35.3 Å². The van der Waals surface area contributed by atoms with E-state index in [1.807, 2.05) is 133 Å². The lowest BCUT2D eigenvalue weighted by atomic mass is 9.59. The summed E-state index contributed by atoms with van der Waals surface area (Å²) in [5.74, 6) is 2.85. The molecule has 0 saturated heterocycles. The Bertz CT molecular complexity index is 3850. The number of carbonyl (C=O) groups excluding carboxylic acids is 5. The maximum Gasteiger partial charge on any atom is 0.519 e. The van der Waals surface area contributed by atoms with Crippen LogP contribution in [0.25, 0.3) is 0 Å². The second-order valence-corrected chi connectivity index (χ2v) is 30.0. The fourth-order valence-electron chi connectivity index (χ4n) is 17.1. The monoisotopic (exact) mass is 1390 g/mol. The number of nitro benzene ring substituents is 1. The van der Waals surface area contributed by atoms with Gasteiger partial charge in [0, 0.05) is 71.7 Å². The zero-order chi connectivity index (χ0) is 72.7. The van der Waals surface area contributed by atoms with Gasteiger partial charge < -0.3 is 54.6 Å². The van der Waals surface area contributed by atoms with Gasteiger partial charge in [-0.05, 0) is 210 Å². The van der Waals surface area contributed by atoms with Crippen LogP contribution in [0.15, 0.2) is 140 Å². The Morgan fingerprint density at radius 1 is 0.490 bits per heavy atom. The molecule has 4 amide bonds. The molecule has 9 atom stereocenters. The van der Waals surface area contributed by atoms with E-state index in [0.29, 0.717) is 42.2 Å². The molecule has 3 saturated carbocycles. The number of amides is 4. The molecule has 546 valence electrons. The number of carbonyl (C=O) groups is 5. The van der Waals surface area contributed by atoms with Crippen molar-refractivity contribution in [1.29, 1.82) is 0 Å². The number of fused-ring (bicyclic) bond motifs is 12. The maximum absolute atomic E-state index is 13.0. The molecule has 19 nitrogen and oxygen atoms in total. The van der Waals surface area contributed by atoms with Crippen LogP contribution in [0.4, 0.5) is 29.7 Å². The number of alkyl carbamates (subject to hydrolysis) is 2. The third kappa shape index (κ3) is 18.3. The second kappa shape index (κ2) is 34.3. The third-order valence-corrected chi connectivity index (χ3v) is 22.6. The Morgan fingerprint density at radius 3 is 1.25 bits per heavy atom. The van der Waals surface area contributed by atoms with Gasteiger partial charge in [0.15, 0.2) is 0 Å². The van der Waals surface area contributed by atoms with Crippen LogP contribution in [0.2, 0.25) is 0 Å². The molecule has 0 radical (unpaired) electrons. The first-order valence-electron chi connectivity index (χ1n) is 37.2. The maximum atomic E-state index is 13.0. The van der Waals surface area contributed by atoms with Crippen LogP contribution in [0.3, 0.4) is 0 Å². The molecule has 0 aliphatic heterocycles. The van der Waals surface area contributed by atoms with Crippen molar-refractivity contribution in [2.24, 2.45) is 23.5 Å². The van der Waals surface area contributed by atoms with E-state index in [1.165, 1.54) is 90.6 Å². The quantitative estimate of drug-likeness (QED) is 0.0375. The molecule has 4 N–H and O–H groups in total. The van der Waals surface area contributed by atoms with Crippen molar-refractivity contribution in [2.45, 2.75) is 238 Å². The summed E-state index contributed by atoms with van der Waals surface area (Å²) in [5.41, 5.74) is 15.2. The van der Waals surface area contributed by atoms with E-state index in [4.69, 9.17) is 34.2 Å². The highest BCUT2D eigenvalue weighted by Gasteiger charge is 2.49. The van der Waals surface area contributed by atoms with Crippen molar-refractivity contribution in [2.75, 3.05) is 13.1 Å². The fourth-order valence-corrected chi connectivity index (χ4v) is 17.1. The van der Waals surface area contributed by atoms with Crippen LogP contribution in [-0.4, -0.2) is 88.6 Å². The second-order valence-electron chi connectivity index (χ2n) is 30.0. The first-order valence-corrected chi connectivity index (χ1v) is 37.2. The van der Waals surface area contributed by atoms with Crippen molar-refractivity contribution >= 4 is 36.2 Å². The molecule has 3 fully saturated rings. The highest BCUT2D eigenvalue weighted by molar-refractivity contribution is 5.73. The Kier molecular flexibility index (Phi) is 25.5. The molecule has 6 aromatic carbocycles. The number of nitro groups is 1. The number of nitrogens with two attached hydrogens (primary N) is 1. The minimum absolute atomic E-state index is 0.0242. The van der Waals surface area contributed by atoms with Gasteiger partial charge in [-0.25, -0.2) is 24.0 Å². The lowest BCUT2D eigenvalue weighted by Gasteiger charge is -2.49. The summed E-state index contributed by atoms with van der Waals surface area (Å²) >= 11 is 0. The van der Waals surface area contributed by atoms with Crippen molar-refractivity contribution < 1.29 is 57.3 Å².